The summed E-state index contributed by atoms with van der Waals surface area (Å²) >= 11 is 1.39. The van der Waals surface area contributed by atoms with E-state index in [9.17, 15) is 4.39 Å². The van der Waals surface area contributed by atoms with Gasteiger partial charge in [0.15, 0.2) is 16.7 Å². The second-order valence-electron chi connectivity index (χ2n) is 4.26. The van der Waals surface area contributed by atoms with Crippen molar-refractivity contribution in [1.29, 1.82) is 5.41 Å². The topological polar surface area (TPSA) is 93.5 Å². The largest absolute Gasteiger partial charge is 0.381 e. The summed E-state index contributed by atoms with van der Waals surface area (Å²) in [6.45, 7) is 0.196. The third-order valence-corrected chi connectivity index (χ3v) is 3.58. The number of nitrogen functional groups attached to an aromatic ring is 1. The Morgan fingerprint density at radius 3 is 2.86 bits per heavy atom. The molecule has 2 aromatic heterocycles. The fraction of sp³-hybridized carbons (Fsp3) is 0.0769. The van der Waals surface area contributed by atoms with Crippen LogP contribution in [0, 0.1) is 11.2 Å². The molecule has 0 fully saturated rings. The Hall–Kier alpha value is -2.61. The van der Waals surface area contributed by atoms with Crippen molar-refractivity contribution in [3.63, 3.8) is 0 Å². The lowest BCUT2D eigenvalue weighted by Gasteiger charge is -2.05. The maximum absolute atomic E-state index is 13.8. The van der Waals surface area contributed by atoms with Crippen molar-refractivity contribution in [2.75, 3.05) is 0 Å². The van der Waals surface area contributed by atoms with Gasteiger partial charge in [0.25, 0.3) is 0 Å². The highest BCUT2D eigenvalue weighted by atomic mass is 32.1. The standard InChI is InChI=1S/C13H11FN6S/c14-9-4-2-1-3-8(9)7-20-12(13-17-5-6-21-13)18-11(19-20)10(15)16/h1-6H,7H2,(H3,15,16). The number of benzene rings is 1. The van der Waals surface area contributed by atoms with E-state index in [0.29, 0.717) is 16.4 Å². The predicted molar refractivity (Wildman–Crippen MR) is 77.6 cm³/mol. The molecule has 6 nitrogen and oxygen atoms in total. The summed E-state index contributed by atoms with van der Waals surface area (Å²) in [6, 6.07) is 6.45. The smallest absolute Gasteiger partial charge is 0.216 e. The molecule has 0 radical (unpaired) electrons. The fourth-order valence-electron chi connectivity index (χ4n) is 1.85. The molecule has 2 heterocycles. The van der Waals surface area contributed by atoms with Crippen LogP contribution in [-0.4, -0.2) is 25.6 Å². The zero-order valence-electron chi connectivity index (χ0n) is 10.8. The van der Waals surface area contributed by atoms with Gasteiger partial charge in [-0.25, -0.2) is 19.0 Å². The van der Waals surface area contributed by atoms with E-state index in [1.165, 1.54) is 22.1 Å². The van der Waals surface area contributed by atoms with Crippen LogP contribution in [0.4, 0.5) is 4.39 Å². The Bertz CT molecular complexity index is 780. The first-order valence-electron chi connectivity index (χ1n) is 6.07. The number of hydrogen-bond donors (Lipinski definition) is 2. The zero-order chi connectivity index (χ0) is 14.8. The van der Waals surface area contributed by atoms with Crippen LogP contribution < -0.4 is 5.73 Å². The first kappa shape index (κ1) is 13.4. The van der Waals surface area contributed by atoms with Crippen molar-refractivity contribution in [2.45, 2.75) is 6.54 Å². The second kappa shape index (κ2) is 5.41. The van der Waals surface area contributed by atoms with Gasteiger partial charge >= 0.3 is 0 Å². The molecule has 0 bridgehead atoms. The summed E-state index contributed by atoms with van der Waals surface area (Å²) < 4.78 is 15.3. The van der Waals surface area contributed by atoms with Crippen molar-refractivity contribution in [1.82, 2.24) is 19.7 Å². The summed E-state index contributed by atoms with van der Waals surface area (Å²) in [7, 11) is 0. The number of halogens is 1. The quantitative estimate of drug-likeness (QED) is 0.568. The number of nitrogens with two attached hydrogens (primary N) is 1. The number of rotatable bonds is 4. The van der Waals surface area contributed by atoms with Crippen LogP contribution in [0.2, 0.25) is 0 Å². The normalized spacial score (nSPS) is 10.7. The highest BCUT2D eigenvalue weighted by Crippen LogP contribution is 2.21. The first-order valence-corrected chi connectivity index (χ1v) is 6.95. The molecule has 0 spiro atoms. The number of amidine groups is 1. The lowest BCUT2D eigenvalue weighted by molar-refractivity contribution is 0.586. The molecule has 8 heteroatoms. The lowest BCUT2D eigenvalue weighted by Crippen LogP contribution is -2.14. The minimum atomic E-state index is -0.317. The van der Waals surface area contributed by atoms with Gasteiger partial charge in [-0.2, -0.15) is 0 Å². The summed E-state index contributed by atoms with van der Waals surface area (Å²) in [5.74, 6) is 0.0255. The van der Waals surface area contributed by atoms with Gasteiger partial charge in [0.1, 0.15) is 5.82 Å². The lowest BCUT2D eigenvalue weighted by atomic mass is 10.2. The molecule has 0 aliphatic rings. The molecule has 106 valence electrons. The Kier molecular flexibility index (Phi) is 3.44. The molecule has 21 heavy (non-hydrogen) atoms. The molecule has 0 atom stereocenters. The summed E-state index contributed by atoms with van der Waals surface area (Å²) in [4.78, 5) is 8.38. The molecule has 3 aromatic rings. The molecule has 0 amide bonds. The van der Waals surface area contributed by atoms with Gasteiger partial charge < -0.3 is 5.73 Å². The zero-order valence-corrected chi connectivity index (χ0v) is 11.6. The minimum Gasteiger partial charge on any atom is -0.381 e. The van der Waals surface area contributed by atoms with Crippen LogP contribution in [0.25, 0.3) is 10.8 Å². The van der Waals surface area contributed by atoms with Crippen LogP contribution in [0.15, 0.2) is 35.8 Å². The maximum atomic E-state index is 13.8. The van der Waals surface area contributed by atoms with Crippen LogP contribution in [0.1, 0.15) is 11.4 Å². The number of nitrogens with zero attached hydrogens (tertiary/aromatic N) is 4. The van der Waals surface area contributed by atoms with E-state index < -0.39 is 0 Å². The summed E-state index contributed by atoms with van der Waals surface area (Å²) in [6.07, 6.45) is 1.65. The molecule has 0 aliphatic carbocycles. The molecular weight excluding hydrogens is 291 g/mol. The maximum Gasteiger partial charge on any atom is 0.216 e. The van der Waals surface area contributed by atoms with Gasteiger partial charge in [0, 0.05) is 17.1 Å². The Morgan fingerprint density at radius 1 is 1.38 bits per heavy atom. The van der Waals surface area contributed by atoms with Gasteiger partial charge in [-0.3, -0.25) is 5.41 Å². The van der Waals surface area contributed by atoms with Crippen molar-refractivity contribution < 1.29 is 4.39 Å². The average molecular weight is 302 g/mol. The van der Waals surface area contributed by atoms with Gasteiger partial charge in [-0.15, -0.1) is 16.4 Å². The van der Waals surface area contributed by atoms with E-state index in [-0.39, 0.29) is 24.0 Å². The average Bonchev–Trinajstić information content (AvgIpc) is 3.10. The van der Waals surface area contributed by atoms with Crippen LogP contribution in [-0.2, 0) is 6.54 Å². The minimum absolute atomic E-state index is 0.108. The van der Waals surface area contributed by atoms with E-state index in [0.717, 1.165) is 0 Å². The van der Waals surface area contributed by atoms with Crippen molar-refractivity contribution in [3.05, 3.63) is 53.0 Å². The first-order chi connectivity index (χ1) is 10.1. The highest BCUT2D eigenvalue weighted by Gasteiger charge is 2.16. The molecular formula is C13H11FN6S. The van der Waals surface area contributed by atoms with Gasteiger partial charge in [0.05, 0.1) is 6.54 Å². The number of aromatic nitrogens is 4. The molecule has 3 N–H and O–H groups in total. The second-order valence-corrected chi connectivity index (χ2v) is 5.15. The van der Waals surface area contributed by atoms with E-state index >= 15 is 0 Å². The van der Waals surface area contributed by atoms with E-state index in [2.05, 4.69) is 15.1 Å². The molecule has 0 saturated heterocycles. The van der Waals surface area contributed by atoms with Crippen LogP contribution in [0.5, 0.6) is 0 Å². The Balaban J connectivity index is 2.05. The van der Waals surface area contributed by atoms with Crippen molar-refractivity contribution in [2.24, 2.45) is 5.73 Å². The predicted octanol–water partition coefficient (Wildman–Crippen LogP) is 1.87. The monoisotopic (exact) mass is 302 g/mol. The van der Waals surface area contributed by atoms with Crippen molar-refractivity contribution in [3.8, 4) is 10.8 Å². The molecule has 3 rings (SSSR count). The van der Waals surface area contributed by atoms with Crippen LogP contribution in [0.3, 0.4) is 0 Å². The van der Waals surface area contributed by atoms with E-state index in [1.54, 1.807) is 24.4 Å². The number of nitrogens with one attached hydrogen (secondary N) is 1. The third-order valence-electron chi connectivity index (χ3n) is 2.81. The van der Waals surface area contributed by atoms with E-state index in [1.807, 2.05) is 5.38 Å². The molecule has 1 aromatic carbocycles. The number of thiazole rings is 1. The molecule has 0 unspecified atom stereocenters. The SMILES string of the molecule is N=C(N)c1nc(-c2nccs2)n(Cc2ccccc2F)n1. The van der Waals surface area contributed by atoms with Crippen LogP contribution >= 0.6 is 11.3 Å². The highest BCUT2D eigenvalue weighted by molar-refractivity contribution is 7.13. The Morgan fingerprint density at radius 2 is 2.19 bits per heavy atom. The molecule has 0 aliphatic heterocycles. The summed E-state index contributed by atoms with van der Waals surface area (Å²) in [5.41, 5.74) is 5.91. The number of hydrogen-bond acceptors (Lipinski definition) is 5. The van der Waals surface area contributed by atoms with E-state index in [4.69, 9.17) is 11.1 Å². The summed E-state index contributed by atoms with van der Waals surface area (Å²) in [5, 5.41) is 14.1. The van der Waals surface area contributed by atoms with Gasteiger partial charge in [-0.05, 0) is 6.07 Å². The van der Waals surface area contributed by atoms with Gasteiger partial charge in [0.2, 0.25) is 5.82 Å². The Labute approximate surface area is 123 Å². The van der Waals surface area contributed by atoms with Crippen molar-refractivity contribution >= 4 is 17.2 Å². The fourth-order valence-corrected chi connectivity index (χ4v) is 2.48. The molecule has 0 saturated carbocycles. The third kappa shape index (κ3) is 2.65. The van der Waals surface area contributed by atoms with Gasteiger partial charge in [-0.1, -0.05) is 18.2 Å².